The molecule has 3 aliphatic heterocycles. The number of nitrogen functional groups attached to an aromatic ring is 1. The third kappa shape index (κ3) is 3.02. The minimum atomic E-state index is 0.0104. The van der Waals surface area contributed by atoms with Crippen LogP contribution in [0, 0.1) is 5.92 Å². The Morgan fingerprint density at radius 1 is 1.00 bits per heavy atom. The van der Waals surface area contributed by atoms with Crippen molar-refractivity contribution in [3.8, 4) is 0 Å². The number of benzene rings is 1. The van der Waals surface area contributed by atoms with Gasteiger partial charge in [-0.15, -0.1) is 11.3 Å². The number of anilines is 1. The van der Waals surface area contributed by atoms with Crippen molar-refractivity contribution >= 4 is 28.8 Å². The van der Waals surface area contributed by atoms with E-state index in [0.29, 0.717) is 41.7 Å². The van der Waals surface area contributed by atoms with E-state index in [9.17, 15) is 9.59 Å². The van der Waals surface area contributed by atoms with Gasteiger partial charge in [0.2, 0.25) is 0 Å². The quantitative estimate of drug-likeness (QED) is 0.901. The Bertz CT molecular complexity index is 789. The van der Waals surface area contributed by atoms with Gasteiger partial charge < -0.3 is 15.5 Å². The Hall–Kier alpha value is -2.34. The van der Waals surface area contributed by atoms with E-state index in [2.05, 4.69) is 0 Å². The summed E-state index contributed by atoms with van der Waals surface area (Å²) in [5.74, 6) is 0.398. The van der Waals surface area contributed by atoms with E-state index in [4.69, 9.17) is 5.73 Å². The van der Waals surface area contributed by atoms with Crippen LogP contribution in [-0.2, 0) is 0 Å². The first-order valence-electron chi connectivity index (χ1n) is 8.61. The van der Waals surface area contributed by atoms with Crippen LogP contribution in [-0.4, -0.2) is 47.3 Å². The third-order valence-electron chi connectivity index (χ3n) is 5.17. The van der Waals surface area contributed by atoms with Gasteiger partial charge in [-0.3, -0.25) is 9.59 Å². The maximum absolute atomic E-state index is 12.9. The van der Waals surface area contributed by atoms with Crippen molar-refractivity contribution in [1.29, 1.82) is 0 Å². The second-order valence-corrected chi connectivity index (χ2v) is 7.75. The number of nitrogens with two attached hydrogens (primary N) is 1. The number of carbonyl (C=O) groups is 2. The lowest BCUT2D eigenvalue weighted by atomic mass is 9.95. The molecule has 2 amide bonds. The molecule has 0 spiro atoms. The van der Waals surface area contributed by atoms with E-state index >= 15 is 0 Å². The molecule has 2 N–H and O–H groups in total. The average molecular weight is 355 g/mol. The molecule has 130 valence electrons. The maximum atomic E-state index is 12.9. The van der Waals surface area contributed by atoms with Crippen molar-refractivity contribution in [3.05, 3.63) is 52.2 Å². The molecule has 6 heteroatoms. The van der Waals surface area contributed by atoms with Gasteiger partial charge in [-0.2, -0.15) is 0 Å². The molecule has 2 bridgehead atoms. The van der Waals surface area contributed by atoms with E-state index in [1.165, 1.54) is 11.3 Å². The van der Waals surface area contributed by atoms with Crippen molar-refractivity contribution in [2.45, 2.75) is 18.9 Å². The van der Waals surface area contributed by atoms with Crippen molar-refractivity contribution in [2.75, 3.05) is 25.4 Å². The zero-order chi connectivity index (χ0) is 17.4. The normalized spacial score (nSPS) is 22.7. The Labute approximate surface area is 151 Å². The zero-order valence-corrected chi connectivity index (χ0v) is 14.7. The summed E-state index contributed by atoms with van der Waals surface area (Å²) in [6.45, 7) is 2.02. The number of nitrogens with zero attached hydrogens (tertiary/aromatic N) is 2. The fourth-order valence-corrected chi connectivity index (χ4v) is 4.66. The van der Waals surface area contributed by atoms with Gasteiger partial charge in [0, 0.05) is 31.2 Å². The summed E-state index contributed by atoms with van der Waals surface area (Å²) in [4.78, 5) is 30.2. The number of amides is 2. The highest BCUT2D eigenvalue weighted by Crippen LogP contribution is 2.32. The lowest BCUT2D eigenvalue weighted by Gasteiger charge is -2.35. The molecule has 2 atom stereocenters. The Balaban J connectivity index is 1.56. The number of piperidine rings is 1. The van der Waals surface area contributed by atoms with Crippen molar-refractivity contribution < 1.29 is 9.59 Å². The number of hydrogen-bond donors (Lipinski definition) is 1. The molecular weight excluding hydrogens is 334 g/mol. The minimum Gasteiger partial charge on any atom is -0.397 e. The molecule has 2 aromatic rings. The van der Waals surface area contributed by atoms with Crippen LogP contribution in [0.25, 0.3) is 0 Å². The smallest absolute Gasteiger partial charge is 0.266 e. The fourth-order valence-electron chi connectivity index (χ4n) is 3.88. The summed E-state index contributed by atoms with van der Waals surface area (Å²) in [5.41, 5.74) is 7.20. The van der Waals surface area contributed by atoms with Gasteiger partial charge in [0.15, 0.2) is 0 Å². The van der Waals surface area contributed by atoms with E-state index in [-0.39, 0.29) is 17.9 Å². The minimum absolute atomic E-state index is 0.0104. The SMILES string of the molecule is Nc1ccsc1C(=O)N1CC2CCC1CN(C(=O)c1ccccc1)C2. The van der Waals surface area contributed by atoms with Crippen LogP contribution in [0.3, 0.4) is 0 Å². The molecule has 2 unspecified atom stereocenters. The first-order chi connectivity index (χ1) is 12.1. The van der Waals surface area contributed by atoms with Crippen LogP contribution in [0.1, 0.15) is 32.9 Å². The summed E-state index contributed by atoms with van der Waals surface area (Å²) in [6.07, 6.45) is 2.01. The molecule has 25 heavy (non-hydrogen) atoms. The maximum Gasteiger partial charge on any atom is 0.266 e. The van der Waals surface area contributed by atoms with Gasteiger partial charge >= 0.3 is 0 Å². The largest absolute Gasteiger partial charge is 0.397 e. The fraction of sp³-hybridized carbons (Fsp3) is 0.368. The molecule has 0 saturated carbocycles. The van der Waals surface area contributed by atoms with E-state index in [1.54, 1.807) is 6.07 Å². The molecule has 1 aromatic carbocycles. The number of fused-ring (bicyclic) bond motifs is 4. The molecule has 5 nitrogen and oxygen atoms in total. The Morgan fingerprint density at radius 3 is 2.52 bits per heavy atom. The van der Waals surface area contributed by atoms with E-state index in [1.807, 2.05) is 45.5 Å². The Kier molecular flexibility index (Phi) is 4.21. The van der Waals surface area contributed by atoms with Crippen LogP contribution in [0.2, 0.25) is 0 Å². The first-order valence-corrected chi connectivity index (χ1v) is 9.49. The Morgan fingerprint density at radius 2 is 1.80 bits per heavy atom. The lowest BCUT2D eigenvalue weighted by molar-refractivity contribution is 0.0580. The molecule has 4 heterocycles. The zero-order valence-electron chi connectivity index (χ0n) is 13.9. The van der Waals surface area contributed by atoms with Crippen LogP contribution < -0.4 is 5.73 Å². The van der Waals surface area contributed by atoms with Gasteiger partial charge in [-0.1, -0.05) is 18.2 Å². The number of thiophene rings is 1. The predicted molar refractivity (Wildman–Crippen MR) is 98.6 cm³/mol. The lowest BCUT2D eigenvalue weighted by Crippen LogP contribution is -2.47. The highest BCUT2D eigenvalue weighted by atomic mass is 32.1. The summed E-state index contributed by atoms with van der Waals surface area (Å²) in [7, 11) is 0. The molecular formula is C19H21N3O2S. The highest BCUT2D eigenvalue weighted by Gasteiger charge is 2.39. The summed E-state index contributed by atoms with van der Waals surface area (Å²) in [5, 5.41) is 1.85. The molecule has 3 aliphatic rings. The highest BCUT2D eigenvalue weighted by molar-refractivity contribution is 7.12. The van der Waals surface area contributed by atoms with Crippen molar-refractivity contribution in [1.82, 2.24) is 9.80 Å². The van der Waals surface area contributed by atoms with Crippen LogP contribution in [0.5, 0.6) is 0 Å². The number of hydrogen-bond acceptors (Lipinski definition) is 4. The average Bonchev–Trinajstić information content (AvgIpc) is 2.87. The standard InChI is InChI=1S/C19H21N3O2S/c20-16-8-9-25-17(16)19(24)22-11-13-6-7-15(22)12-21(10-13)18(23)14-4-2-1-3-5-14/h1-5,8-9,13,15H,6-7,10-12,20H2. The number of rotatable bonds is 2. The van der Waals surface area contributed by atoms with E-state index < -0.39 is 0 Å². The van der Waals surface area contributed by atoms with Crippen LogP contribution in [0.4, 0.5) is 5.69 Å². The molecule has 0 aliphatic carbocycles. The number of carbonyl (C=O) groups excluding carboxylic acids is 2. The summed E-state index contributed by atoms with van der Waals surface area (Å²) >= 11 is 1.39. The van der Waals surface area contributed by atoms with Gasteiger partial charge in [0.05, 0.1) is 5.69 Å². The summed E-state index contributed by atoms with van der Waals surface area (Å²) in [6, 6.07) is 11.2. The molecule has 5 rings (SSSR count). The van der Waals surface area contributed by atoms with Crippen LogP contribution >= 0.6 is 11.3 Å². The molecule has 3 fully saturated rings. The molecule has 0 radical (unpaired) electrons. The van der Waals surface area contributed by atoms with Gasteiger partial charge in [0.25, 0.3) is 11.8 Å². The first kappa shape index (κ1) is 16.1. The summed E-state index contributed by atoms with van der Waals surface area (Å²) < 4.78 is 0. The molecule has 3 saturated heterocycles. The predicted octanol–water partition coefficient (Wildman–Crippen LogP) is 2.71. The van der Waals surface area contributed by atoms with E-state index in [0.717, 1.165) is 12.8 Å². The van der Waals surface area contributed by atoms with Gasteiger partial charge in [-0.05, 0) is 42.3 Å². The third-order valence-corrected chi connectivity index (χ3v) is 6.09. The van der Waals surface area contributed by atoms with Crippen LogP contribution in [0.15, 0.2) is 41.8 Å². The van der Waals surface area contributed by atoms with Crippen molar-refractivity contribution in [2.24, 2.45) is 5.92 Å². The van der Waals surface area contributed by atoms with Gasteiger partial charge in [0.1, 0.15) is 4.88 Å². The molecule has 1 aromatic heterocycles. The second-order valence-electron chi connectivity index (χ2n) is 6.84. The second kappa shape index (κ2) is 6.52. The topological polar surface area (TPSA) is 66.6 Å². The van der Waals surface area contributed by atoms with Crippen molar-refractivity contribution in [3.63, 3.8) is 0 Å². The van der Waals surface area contributed by atoms with Gasteiger partial charge in [-0.25, -0.2) is 0 Å². The monoisotopic (exact) mass is 355 g/mol.